The highest BCUT2D eigenvalue weighted by Gasteiger charge is 2.30. The third kappa shape index (κ3) is 3.52. The highest BCUT2D eigenvalue weighted by atomic mass is 16.5. The zero-order chi connectivity index (χ0) is 16.9. The summed E-state index contributed by atoms with van der Waals surface area (Å²) in [6.45, 7) is 0.885. The largest absolute Gasteiger partial charge is 0.377 e. The van der Waals surface area contributed by atoms with Crippen LogP contribution in [0.2, 0.25) is 0 Å². The van der Waals surface area contributed by atoms with Gasteiger partial charge in [0, 0.05) is 24.4 Å². The molecule has 2 heterocycles. The van der Waals surface area contributed by atoms with Crippen molar-refractivity contribution < 1.29 is 14.3 Å². The summed E-state index contributed by atoms with van der Waals surface area (Å²) in [6, 6.07) is 8.96. The van der Waals surface area contributed by atoms with Gasteiger partial charge in [0.25, 0.3) is 0 Å². The molecule has 1 aliphatic heterocycles. The Bertz CT molecular complexity index is 754. The number of hydrogen-bond acceptors (Lipinski definition) is 4. The van der Waals surface area contributed by atoms with Crippen LogP contribution in [0.15, 0.2) is 48.8 Å². The van der Waals surface area contributed by atoms with Crippen molar-refractivity contribution in [2.24, 2.45) is 5.73 Å². The Morgan fingerprint density at radius 1 is 1.29 bits per heavy atom. The molecule has 7 heteroatoms. The Labute approximate surface area is 139 Å². The Morgan fingerprint density at radius 2 is 2.08 bits per heavy atom. The molecule has 2 aromatic rings. The van der Waals surface area contributed by atoms with Crippen molar-refractivity contribution >= 4 is 17.9 Å². The minimum atomic E-state index is -0.719. The van der Waals surface area contributed by atoms with Gasteiger partial charge in [0.1, 0.15) is 6.04 Å². The van der Waals surface area contributed by atoms with Crippen LogP contribution in [-0.2, 0) is 14.3 Å². The number of morpholine rings is 1. The zero-order valence-corrected chi connectivity index (χ0v) is 13.0. The Hall–Kier alpha value is -2.93. The summed E-state index contributed by atoms with van der Waals surface area (Å²) in [5, 5.41) is 4.27. The number of rotatable bonds is 4. The molecule has 124 valence electrons. The van der Waals surface area contributed by atoms with E-state index in [2.05, 4.69) is 5.10 Å². The molecule has 1 fully saturated rings. The van der Waals surface area contributed by atoms with Crippen LogP contribution < -0.4 is 5.73 Å². The van der Waals surface area contributed by atoms with Crippen LogP contribution in [-0.4, -0.2) is 52.3 Å². The number of carbonyl (C=O) groups is 2. The van der Waals surface area contributed by atoms with Gasteiger partial charge in [-0.05, 0) is 18.2 Å². The molecule has 7 nitrogen and oxygen atoms in total. The quantitative estimate of drug-likeness (QED) is 0.833. The summed E-state index contributed by atoms with van der Waals surface area (Å²) in [7, 11) is 0. The summed E-state index contributed by atoms with van der Waals surface area (Å²) < 4.78 is 6.93. The Balaban J connectivity index is 1.70. The molecule has 1 aliphatic rings. The fourth-order valence-corrected chi connectivity index (χ4v) is 2.51. The molecule has 1 aromatic carbocycles. The number of nitrogens with two attached hydrogens (primary N) is 1. The molecule has 1 atom stereocenters. The molecular weight excluding hydrogens is 308 g/mol. The van der Waals surface area contributed by atoms with Gasteiger partial charge in [-0.15, -0.1) is 0 Å². The minimum absolute atomic E-state index is 0.140. The molecule has 2 N–H and O–H groups in total. The van der Waals surface area contributed by atoms with E-state index < -0.39 is 11.9 Å². The van der Waals surface area contributed by atoms with Crippen molar-refractivity contribution in [1.82, 2.24) is 14.7 Å². The van der Waals surface area contributed by atoms with Gasteiger partial charge in [0.05, 0.1) is 25.1 Å². The molecule has 1 unspecified atom stereocenters. The van der Waals surface area contributed by atoms with E-state index in [4.69, 9.17) is 10.5 Å². The number of para-hydroxylation sites is 1. The first kappa shape index (κ1) is 15.9. The van der Waals surface area contributed by atoms with Crippen LogP contribution in [0.1, 0.15) is 5.56 Å². The standard InChI is InChI=1S/C17H18N4O3/c18-17(23)15-12-24-9-8-20(15)16(22)7-6-13-10-19-21(11-13)14-4-2-1-3-5-14/h1-7,10-11,15H,8-9,12H2,(H2,18,23)/b7-6+. The zero-order valence-electron chi connectivity index (χ0n) is 13.0. The summed E-state index contributed by atoms with van der Waals surface area (Å²) in [5.74, 6) is -0.831. The average Bonchev–Trinajstić information content (AvgIpc) is 3.09. The van der Waals surface area contributed by atoms with Crippen LogP contribution in [0.3, 0.4) is 0 Å². The summed E-state index contributed by atoms with van der Waals surface area (Å²) in [5.41, 5.74) is 7.04. The van der Waals surface area contributed by atoms with Crippen molar-refractivity contribution in [3.63, 3.8) is 0 Å². The number of hydrogen-bond donors (Lipinski definition) is 1. The van der Waals surface area contributed by atoms with Gasteiger partial charge in [-0.2, -0.15) is 5.10 Å². The Kier molecular flexibility index (Phi) is 4.72. The van der Waals surface area contributed by atoms with Crippen molar-refractivity contribution in [2.45, 2.75) is 6.04 Å². The molecule has 1 aromatic heterocycles. The first-order valence-corrected chi connectivity index (χ1v) is 7.61. The van der Waals surface area contributed by atoms with E-state index in [1.54, 1.807) is 17.0 Å². The molecule has 0 radical (unpaired) electrons. The van der Waals surface area contributed by atoms with Gasteiger partial charge in [-0.1, -0.05) is 18.2 Å². The van der Waals surface area contributed by atoms with Gasteiger partial charge in [-0.25, -0.2) is 4.68 Å². The maximum atomic E-state index is 12.3. The monoisotopic (exact) mass is 326 g/mol. The number of carbonyl (C=O) groups excluding carboxylic acids is 2. The number of amides is 2. The lowest BCUT2D eigenvalue weighted by Gasteiger charge is -2.32. The predicted octanol–water partition coefficient (Wildman–Crippen LogP) is 0.598. The first-order valence-electron chi connectivity index (χ1n) is 7.61. The van der Waals surface area contributed by atoms with Crippen LogP contribution in [0, 0.1) is 0 Å². The minimum Gasteiger partial charge on any atom is -0.377 e. The van der Waals surface area contributed by atoms with E-state index in [-0.39, 0.29) is 12.5 Å². The highest BCUT2D eigenvalue weighted by Crippen LogP contribution is 2.11. The van der Waals surface area contributed by atoms with Crippen LogP contribution >= 0.6 is 0 Å². The van der Waals surface area contributed by atoms with Crippen molar-refractivity contribution in [3.8, 4) is 5.69 Å². The van der Waals surface area contributed by atoms with Crippen LogP contribution in [0.25, 0.3) is 11.8 Å². The summed E-state index contributed by atoms with van der Waals surface area (Å²) in [4.78, 5) is 25.2. The Morgan fingerprint density at radius 3 is 2.83 bits per heavy atom. The van der Waals surface area contributed by atoms with Gasteiger partial charge in [0.15, 0.2) is 0 Å². The normalized spacial score (nSPS) is 18.0. The number of ether oxygens (including phenoxy) is 1. The lowest BCUT2D eigenvalue weighted by Crippen LogP contribution is -2.54. The second-order valence-corrected chi connectivity index (χ2v) is 5.41. The molecule has 1 saturated heterocycles. The third-order valence-corrected chi connectivity index (χ3v) is 3.78. The van der Waals surface area contributed by atoms with Crippen LogP contribution in [0.5, 0.6) is 0 Å². The summed E-state index contributed by atoms with van der Waals surface area (Å²) in [6.07, 6.45) is 6.58. The second kappa shape index (κ2) is 7.10. The molecule has 24 heavy (non-hydrogen) atoms. The first-order chi connectivity index (χ1) is 11.6. The lowest BCUT2D eigenvalue weighted by molar-refractivity contribution is -0.143. The molecular formula is C17H18N4O3. The van der Waals surface area contributed by atoms with E-state index in [1.165, 1.54) is 11.0 Å². The fourth-order valence-electron chi connectivity index (χ4n) is 2.51. The average molecular weight is 326 g/mol. The molecule has 0 spiro atoms. The highest BCUT2D eigenvalue weighted by molar-refractivity contribution is 5.95. The molecule has 0 bridgehead atoms. The number of benzene rings is 1. The number of primary amides is 1. The molecule has 0 aliphatic carbocycles. The maximum Gasteiger partial charge on any atom is 0.247 e. The van der Waals surface area contributed by atoms with E-state index >= 15 is 0 Å². The lowest BCUT2D eigenvalue weighted by atomic mass is 10.2. The predicted molar refractivity (Wildman–Crippen MR) is 88.1 cm³/mol. The topological polar surface area (TPSA) is 90.5 Å². The van der Waals surface area contributed by atoms with Gasteiger partial charge >= 0.3 is 0 Å². The van der Waals surface area contributed by atoms with Crippen molar-refractivity contribution in [3.05, 3.63) is 54.4 Å². The van der Waals surface area contributed by atoms with E-state index in [0.717, 1.165) is 11.3 Å². The molecule has 3 rings (SSSR count). The SMILES string of the molecule is NC(=O)C1COCCN1C(=O)/C=C/c1cnn(-c2ccccc2)c1. The number of nitrogens with zero attached hydrogens (tertiary/aromatic N) is 3. The van der Waals surface area contributed by atoms with Gasteiger partial charge in [-0.3, -0.25) is 9.59 Å². The van der Waals surface area contributed by atoms with Gasteiger partial charge in [0.2, 0.25) is 11.8 Å². The fraction of sp³-hybridized carbons (Fsp3) is 0.235. The molecule has 2 amide bonds. The third-order valence-electron chi connectivity index (χ3n) is 3.78. The second-order valence-electron chi connectivity index (χ2n) is 5.41. The molecule has 0 saturated carbocycles. The van der Waals surface area contributed by atoms with E-state index in [1.807, 2.05) is 36.5 Å². The van der Waals surface area contributed by atoms with Crippen LogP contribution in [0.4, 0.5) is 0 Å². The smallest absolute Gasteiger partial charge is 0.247 e. The van der Waals surface area contributed by atoms with E-state index in [0.29, 0.717) is 13.2 Å². The number of aromatic nitrogens is 2. The van der Waals surface area contributed by atoms with Crippen molar-refractivity contribution in [1.29, 1.82) is 0 Å². The summed E-state index contributed by atoms with van der Waals surface area (Å²) >= 11 is 0. The maximum absolute atomic E-state index is 12.3. The van der Waals surface area contributed by atoms with Gasteiger partial charge < -0.3 is 15.4 Å². The van der Waals surface area contributed by atoms with E-state index in [9.17, 15) is 9.59 Å². The van der Waals surface area contributed by atoms with Crippen molar-refractivity contribution in [2.75, 3.05) is 19.8 Å².